The summed E-state index contributed by atoms with van der Waals surface area (Å²) < 4.78 is 2.23. The fraction of sp³-hybridized carbons (Fsp3) is 0.231. The largest absolute Gasteiger partial charge is 0.350 e. The summed E-state index contributed by atoms with van der Waals surface area (Å²) in [5.41, 5.74) is 5.81. The standard InChI is InChI=1S/C13H13N/c1-14-9-8-11-7-6-10-4-2-3-5-12(10)13(11)14/h2-5,8-9H,6-7H2,1H3. The van der Waals surface area contributed by atoms with E-state index in [-0.39, 0.29) is 0 Å². The molecule has 14 heavy (non-hydrogen) atoms. The van der Waals surface area contributed by atoms with E-state index in [1.807, 2.05) is 0 Å². The van der Waals surface area contributed by atoms with Gasteiger partial charge in [-0.25, -0.2) is 0 Å². The van der Waals surface area contributed by atoms with Crippen molar-refractivity contribution < 1.29 is 0 Å². The van der Waals surface area contributed by atoms with E-state index in [0.717, 1.165) is 0 Å². The van der Waals surface area contributed by atoms with Crippen molar-refractivity contribution in [2.24, 2.45) is 7.05 Å². The fourth-order valence-electron chi connectivity index (χ4n) is 2.39. The Bertz CT molecular complexity index is 480. The van der Waals surface area contributed by atoms with Crippen LogP contribution in [-0.4, -0.2) is 4.57 Å². The topological polar surface area (TPSA) is 4.93 Å². The van der Waals surface area contributed by atoms with E-state index in [2.05, 4.69) is 48.1 Å². The molecule has 1 aromatic heterocycles. The summed E-state index contributed by atoms with van der Waals surface area (Å²) >= 11 is 0. The first kappa shape index (κ1) is 7.86. The van der Waals surface area contributed by atoms with Crippen LogP contribution in [0.3, 0.4) is 0 Å². The van der Waals surface area contributed by atoms with E-state index >= 15 is 0 Å². The normalized spacial score (nSPS) is 13.5. The van der Waals surface area contributed by atoms with E-state index in [1.54, 1.807) is 0 Å². The number of nitrogens with zero attached hydrogens (tertiary/aromatic N) is 1. The number of hydrogen-bond donors (Lipinski definition) is 0. The minimum atomic E-state index is 1.19. The van der Waals surface area contributed by atoms with Crippen molar-refractivity contribution in [1.82, 2.24) is 4.57 Å². The fourth-order valence-corrected chi connectivity index (χ4v) is 2.39. The molecule has 1 aliphatic rings. The molecule has 0 N–H and O–H groups in total. The molecule has 0 atom stereocenters. The Morgan fingerprint density at radius 1 is 1.00 bits per heavy atom. The van der Waals surface area contributed by atoms with Crippen LogP contribution in [0.1, 0.15) is 11.1 Å². The second-order valence-corrected chi connectivity index (χ2v) is 3.96. The van der Waals surface area contributed by atoms with Gasteiger partial charge in [0.1, 0.15) is 0 Å². The molecule has 70 valence electrons. The SMILES string of the molecule is Cn1ccc2c1-c1ccccc1CC2. The van der Waals surface area contributed by atoms with Crippen molar-refractivity contribution in [2.45, 2.75) is 12.8 Å². The van der Waals surface area contributed by atoms with Gasteiger partial charge in [0.15, 0.2) is 0 Å². The zero-order chi connectivity index (χ0) is 9.54. The molecule has 0 aliphatic heterocycles. The van der Waals surface area contributed by atoms with Crippen LogP contribution in [0.25, 0.3) is 11.3 Å². The summed E-state index contributed by atoms with van der Waals surface area (Å²) in [7, 11) is 2.13. The molecule has 0 radical (unpaired) electrons. The van der Waals surface area contributed by atoms with E-state index in [4.69, 9.17) is 0 Å². The third-order valence-electron chi connectivity index (χ3n) is 3.09. The first-order valence-electron chi connectivity index (χ1n) is 5.09. The molecule has 1 heterocycles. The summed E-state index contributed by atoms with van der Waals surface area (Å²) in [5, 5.41) is 0. The van der Waals surface area contributed by atoms with Gasteiger partial charge >= 0.3 is 0 Å². The Hall–Kier alpha value is -1.50. The van der Waals surface area contributed by atoms with Crippen LogP contribution in [0, 0.1) is 0 Å². The lowest BCUT2D eigenvalue weighted by Crippen LogP contribution is -2.04. The lowest BCUT2D eigenvalue weighted by Gasteiger charge is -2.17. The molecule has 0 saturated carbocycles. The van der Waals surface area contributed by atoms with Crippen LogP contribution in [0.15, 0.2) is 36.5 Å². The van der Waals surface area contributed by atoms with Gasteiger partial charge in [-0.3, -0.25) is 0 Å². The average Bonchev–Trinajstić information content (AvgIpc) is 2.61. The van der Waals surface area contributed by atoms with Crippen molar-refractivity contribution >= 4 is 0 Å². The molecule has 3 rings (SSSR count). The van der Waals surface area contributed by atoms with Crippen LogP contribution in [0.5, 0.6) is 0 Å². The highest BCUT2D eigenvalue weighted by molar-refractivity contribution is 5.70. The van der Waals surface area contributed by atoms with Crippen molar-refractivity contribution in [2.75, 3.05) is 0 Å². The predicted octanol–water partition coefficient (Wildman–Crippen LogP) is 2.79. The van der Waals surface area contributed by atoms with Crippen LogP contribution in [-0.2, 0) is 19.9 Å². The van der Waals surface area contributed by atoms with Gasteiger partial charge in [-0.1, -0.05) is 24.3 Å². The Balaban J connectivity index is 2.32. The molecule has 1 aromatic carbocycles. The van der Waals surface area contributed by atoms with Crippen LogP contribution in [0.2, 0.25) is 0 Å². The number of rotatable bonds is 0. The molecule has 0 amide bonds. The van der Waals surface area contributed by atoms with Crippen LogP contribution in [0.4, 0.5) is 0 Å². The molecule has 0 fully saturated rings. The maximum Gasteiger partial charge on any atom is 0.0513 e. The molecular formula is C13H13N. The van der Waals surface area contributed by atoms with E-state index in [0.29, 0.717) is 0 Å². The Labute approximate surface area is 84.0 Å². The van der Waals surface area contributed by atoms with Crippen molar-refractivity contribution in [3.63, 3.8) is 0 Å². The number of benzene rings is 1. The number of fused-ring (bicyclic) bond motifs is 3. The van der Waals surface area contributed by atoms with Gasteiger partial charge < -0.3 is 4.57 Å². The van der Waals surface area contributed by atoms with Crippen molar-refractivity contribution in [1.29, 1.82) is 0 Å². The number of aromatic nitrogens is 1. The minimum absolute atomic E-state index is 1.19. The van der Waals surface area contributed by atoms with Gasteiger partial charge in [-0.05, 0) is 30.0 Å². The number of hydrogen-bond acceptors (Lipinski definition) is 0. The zero-order valence-corrected chi connectivity index (χ0v) is 8.33. The summed E-state index contributed by atoms with van der Waals surface area (Å²) in [6.45, 7) is 0. The maximum absolute atomic E-state index is 2.24. The molecule has 0 bridgehead atoms. The van der Waals surface area contributed by atoms with Gasteiger partial charge in [0.25, 0.3) is 0 Å². The van der Waals surface area contributed by atoms with E-state index < -0.39 is 0 Å². The molecular weight excluding hydrogens is 170 g/mol. The second kappa shape index (κ2) is 2.74. The molecule has 0 spiro atoms. The van der Waals surface area contributed by atoms with Crippen molar-refractivity contribution in [3.8, 4) is 11.3 Å². The van der Waals surface area contributed by atoms with Gasteiger partial charge in [0, 0.05) is 18.8 Å². The first-order chi connectivity index (χ1) is 6.86. The highest BCUT2D eigenvalue weighted by Gasteiger charge is 2.17. The number of aryl methyl sites for hydroxylation is 3. The Kier molecular flexibility index (Phi) is 1.54. The Morgan fingerprint density at radius 3 is 2.71 bits per heavy atom. The summed E-state index contributed by atoms with van der Waals surface area (Å²) in [4.78, 5) is 0. The molecule has 1 aliphatic carbocycles. The Morgan fingerprint density at radius 2 is 1.79 bits per heavy atom. The molecule has 1 nitrogen and oxygen atoms in total. The van der Waals surface area contributed by atoms with Gasteiger partial charge in [0.2, 0.25) is 0 Å². The van der Waals surface area contributed by atoms with Crippen LogP contribution < -0.4 is 0 Å². The summed E-state index contributed by atoms with van der Waals surface area (Å²) in [5.74, 6) is 0. The predicted molar refractivity (Wildman–Crippen MR) is 58.3 cm³/mol. The quantitative estimate of drug-likeness (QED) is 0.592. The van der Waals surface area contributed by atoms with E-state index in [1.165, 1.54) is 35.2 Å². The smallest absolute Gasteiger partial charge is 0.0513 e. The highest BCUT2D eigenvalue weighted by atomic mass is 14.9. The monoisotopic (exact) mass is 183 g/mol. The van der Waals surface area contributed by atoms with Gasteiger partial charge in [0.05, 0.1) is 5.69 Å². The maximum atomic E-state index is 2.24. The lowest BCUT2D eigenvalue weighted by atomic mass is 9.90. The second-order valence-electron chi connectivity index (χ2n) is 3.96. The highest BCUT2D eigenvalue weighted by Crippen LogP contribution is 2.33. The molecule has 0 unspecified atom stereocenters. The van der Waals surface area contributed by atoms with Gasteiger partial charge in [-0.2, -0.15) is 0 Å². The lowest BCUT2D eigenvalue weighted by molar-refractivity contribution is 0.887. The third kappa shape index (κ3) is 0.955. The average molecular weight is 183 g/mol. The van der Waals surface area contributed by atoms with Gasteiger partial charge in [-0.15, -0.1) is 0 Å². The van der Waals surface area contributed by atoms with Crippen molar-refractivity contribution in [3.05, 3.63) is 47.7 Å². The first-order valence-corrected chi connectivity index (χ1v) is 5.09. The summed E-state index contributed by atoms with van der Waals surface area (Å²) in [6.07, 6.45) is 4.53. The zero-order valence-electron chi connectivity index (χ0n) is 8.33. The molecule has 1 heteroatoms. The third-order valence-corrected chi connectivity index (χ3v) is 3.09. The van der Waals surface area contributed by atoms with Crippen LogP contribution >= 0.6 is 0 Å². The van der Waals surface area contributed by atoms with E-state index in [9.17, 15) is 0 Å². The minimum Gasteiger partial charge on any atom is -0.350 e. The summed E-state index contributed by atoms with van der Waals surface area (Å²) in [6, 6.07) is 11.0. The molecule has 0 saturated heterocycles. The molecule has 2 aromatic rings.